The number of benzene rings is 2. The Morgan fingerprint density at radius 1 is 0.697 bits per heavy atom. The van der Waals surface area contributed by atoms with E-state index in [-0.39, 0.29) is 41.8 Å². The van der Waals surface area contributed by atoms with Crippen LogP contribution >= 0.6 is 0 Å². The molecular formula is C27H31N3O2Zn. The Morgan fingerprint density at radius 3 is 1.61 bits per heavy atom. The molecule has 2 N–H and O–H groups in total. The van der Waals surface area contributed by atoms with Gasteiger partial charge in [-0.05, 0) is 40.2 Å². The molecule has 0 spiro atoms. The van der Waals surface area contributed by atoms with Gasteiger partial charge in [0.2, 0.25) is 0 Å². The summed E-state index contributed by atoms with van der Waals surface area (Å²) in [5.74, 6) is 0.452. The molecule has 0 unspecified atom stereocenters. The third kappa shape index (κ3) is 6.36. The Balaban J connectivity index is 0.00000385. The molecule has 3 rings (SSSR count). The smallest absolute Gasteiger partial charge is 0.128 e. The van der Waals surface area contributed by atoms with Gasteiger partial charge in [-0.3, -0.25) is 15.0 Å². The van der Waals surface area contributed by atoms with Crippen LogP contribution in [0.5, 0.6) is 11.5 Å². The van der Waals surface area contributed by atoms with E-state index in [1.54, 1.807) is 30.9 Å². The van der Waals surface area contributed by atoms with Gasteiger partial charge in [0.05, 0.1) is 11.9 Å². The van der Waals surface area contributed by atoms with Crippen molar-refractivity contribution in [1.29, 1.82) is 0 Å². The van der Waals surface area contributed by atoms with Crippen LogP contribution in [0.25, 0.3) is 0 Å². The summed E-state index contributed by atoms with van der Waals surface area (Å²) in [6, 6.07) is 13.1. The number of pyridine rings is 1. The molecule has 0 aliphatic carbocycles. The average Bonchev–Trinajstić information content (AvgIpc) is 2.71. The van der Waals surface area contributed by atoms with Crippen molar-refractivity contribution in [3.8, 4) is 11.5 Å². The number of aliphatic imine (C=N–C) groups is 2. The molecule has 3 aromatic rings. The van der Waals surface area contributed by atoms with Gasteiger partial charge in [-0.15, -0.1) is 0 Å². The quantitative estimate of drug-likeness (QED) is 0.317. The van der Waals surface area contributed by atoms with Crippen molar-refractivity contribution >= 4 is 23.8 Å². The summed E-state index contributed by atoms with van der Waals surface area (Å²) in [5, 5.41) is 21.4. The summed E-state index contributed by atoms with van der Waals surface area (Å²) in [6.07, 6.45) is 6.53. The van der Waals surface area contributed by atoms with E-state index in [0.29, 0.717) is 22.5 Å². The summed E-state index contributed by atoms with van der Waals surface area (Å²) in [5.41, 5.74) is 3.82. The molecule has 168 valence electrons. The normalized spacial score (nSPS) is 12.3. The SMILES string of the molecule is CC(C)(C)c1cccc(C=Nc2ccncc2N=Cc2cccc(C(C)(C)C)c2O)c1O.[Zn]. The molecular weight excluding hydrogens is 464 g/mol. The van der Waals surface area contributed by atoms with Gasteiger partial charge in [0.15, 0.2) is 0 Å². The first-order valence-electron chi connectivity index (χ1n) is 10.7. The molecule has 33 heavy (non-hydrogen) atoms. The maximum atomic E-state index is 10.7. The molecule has 0 atom stereocenters. The molecule has 1 heterocycles. The van der Waals surface area contributed by atoms with Gasteiger partial charge in [0.1, 0.15) is 17.2 Å². The van der Waals surface area contributed by atoms with Gasteiger partial charge in [0, 0.05) is 49.2 Å². The van der Waals surface area contributed by atoms with Crippen molar-refractivity contribution in [3.63, 3.8) is 0 Å². The Bertz CT molecular complexity index is 1080. The molecule has 0 radical (unpaired) electrons. The minimum atomic E-state index is -0.179. The predicted octanol–water partition coefficient (Wildman–Crippen LogP) is 6.59. The molecule has 0 aliphatic rings. The van der Waals surface area contributed by atoms with Gasteiger partial charge >= 0.3 is 0 Å². The van der Waals surface area contributed by atoms with E-state index in [0.717, 1.165) is 11.1 Å². The minimum absolute atomic E-state index is 0. The summed E-state index contributed by atoms with van der Waals surface area (Å²) >= 11 is 0. The van der Waals surface area contributed by atoms with Gasteiger partial charge in [0.25, 0.3) is 0 Å². The van der Waals surface area contributed by atoms with Crippen molar-refractivity contribution in [2.75, 3.05) is 0 Å². The Labute approximate surface area is 209 Å². The summed E-state index contributed by atoms with van der Waals surface area (Å²) < 4.78 is 0. The van der Waals surface area contributed by atoms with Crippen LogP contribution in [-0.2, 0) is 30.3 Å². The van der Waals surface area contributed by atoms with Gasteiger partial charge in [-0.25, -0.2) is 0 Å². The second kappa shape index (κ2) is 10.4. The maximum absolute atomic E-state index is 10.7. The fourth-order valence-corrected chi connectivity index (χ4v) is 3.41. The van der Waals surface area contributed by atoms with Crippen LogP contribution in [-0.4, -0.2) is 27.6 Å². The van der Waals surface area contributed by atoms with Crippen molar-refractivity contribution in [3.05, 3.63) is 77.1 Å². The van der Waals surface area contributed by atoms with Gasteiger partial charge in [-0.1, -0.05) is 65.8 Å². The predicted molar refractivity (Wildman–Crippen MR) is 132 cm³/mol. The van der Waals surface area contributed by atoms with Crippen molar-refractivity contribution in [1.82, 2.24) is 4.98 Å². The number of hydrogen-bond donors (Lipinski definition) is 2. The third-order valence-electron chi connectivity index (χ3n) is 5.21. The third-order valence-corrected chi connectivity index (χ3v) is 5.21. The van der Waals surface area contributed by atoms with E-state index in [4.69, 9.17) is 0 Å². The largest absolute Gasteiger partial charge is 0.507 e. The standard InChI is InChI=1S/C27H31N3O2.Zn/c1-26(2,3)20-11-7-9-18(24(20)31)15-29-22-13-14-28-17-23(22)30-16-19-10-8-12-21(25(19)32)27(4,5)6;/h7-17,31-32H,1-6H3;. The molecule has 0 bridgehead atoms. The van der Waals surface area contributed by atoms with Crippen LogP contribution < -0.4 is 0 Å². The number of aromatic hydroxyl groups is 2. The minimum Gasteiger partial charge on any atom is -0.507 e. The van der Waals surface area contributed by atoms with Gasteiger partial charge in [-0.2, -0.15) is 0 Å². The van der Waals surface area contributed by atoms with E-state index in [1.807, 2.05) is 36.4 Å². The van der Waals surface area contributed by atoms with Crippen LogP contribution in [0.2, 0.25) is 0 Å². The summed E-state index contributed by atoms with van der Waals surface area (Å²) in [4.78, 5) is 13.2. The topological polar surface area (TPSA) is 78.1 Å². The number of phenolic OH excluding ortho intramolecular Hbond substituents is 2. The monoisotopic (exact) mass is 493 g/mol. The number of aromatic nitrogens is 1. The second-order valence-corrected chi connectivity index (χ2v) is 9.87. The first kappa shape index (κ1) is 26.4. The Kier molecular flexibility index (Phi) is 8.32. The summed E-state index contributed by atoms with van der Waals surface area (Å²) in [7, 11) is 0. The van der Waals surface area contributed by atoms with E-state index >= 15 is 0 Å². The van der Waals surface area contributed by atoms with Crippen LogP contribution in [0, 0.1) is 0 Å². The van der Waals surface area contributed by atoms with E-state index in [1.165, 1.54) is 0 Å². The van der Waals surface area contributed by atoms with Crippen molar-refractivity contribution in [2.24, 2.45) is 9.98 Å². The molecule has 0 amide bonds. The summed E-state index contributed by atoms with van der Waals surface area (Å²) in [6.45, 7) is 12.3. The zero-order valence-electron chi connectivity index (χ0n) is 20.3. The molecule has 0 fully saturated rings. The number of rotatable bonds is 4. The van der Waals surface area contributed by atoms with Crippen LogP contribution in [0.1, 0.15) is 63.8 Å². The van der Waals surface area contributed by atoms with Crippen LogP contribution in [0.15, 0.2) is 64.8 Å². The molecule has 0 aliphatic heterocycles. The van der Waals surface area contributed by atoms with E-state index in [9.17, 15) is 10.2 Å². The van der Waals surface area contributed by atoms with Crippen molar-refractivity contribution in [2.45, 2.75) is 52.4 Å². The zero-order valence-corrected chi connectivity index (χ0v) is 23.3. The number of para-hydroxylation sites is 2. The molecule has 2 aromatic carbocycles. The fraction of sp³-hybridized carbons (Fsp3) is 0.296. The Hall–Kier alpha value is -2.85. The van der Waals surface area contributed by atoms with Crippen LogP contribution in [0.4, 0.5) is 11.4 Å². The molecule has 5 nitrogen and oxygen atoms in total. The van der Waals surface area contributed by atoms with Crippen molar-refractivity contribution < 1.29 is 29.7 Å². The van der Waals surface area contributed by atoms with Gasteiger partial charge < -0.3 is 10.2 Å². The zero-order chi connectivity index (χ0) is 23.5. The molecule has 0 saturated carbocycles. The molecule has 1 aromatic heterocycles. The van der Waals surface area contributed by atoms with E-state index < -0.39 is 0 Å². The molecule has 6 heteroatoms. The number of phenols is 2. The van der Waals surface area contributed by atoms with Crippen LogP contribution in [0.3, 0.4) is 0 Å². The Morgan fingerprint density at radius 2 is 1.15 bits per heavy atom. The average molecular weight is 495 g/mol. The maximum Gasteiger partial charge on any atom is 0.128 e. The first-order chi connectivity index (χ1) is 15.0. The molecule has 0 saturated heterocycles. The number of nitrogens with zero attached hydrogens (tertiary/aromatic N) is 3. The second-order valence-electron chi connectivity index (χ2n) is 9.87. The first-order valence-corrected chi connectivity index (χ1v) is 10.7. The van der Waals surface area contributed by atoms with E-state index in [2.05, 4.69) is 56.5 Å². The fourth-order valence-electron chi connectivity index (χ4n) is 3.41. The number of hydrogen-bond acceptors (Lipinski definition) is 5.